The van der Waals surface area contributed by atoms with Crippen LogP contribution < -0.4 is 0 Å². The van der Waals surface area contributed by atoms with Crippen molar-refractivity contribution in [1.29, 1.82) is 5.26 Å². The number of fused-ring (bicyclic) bond motifs is 3. The number of carbonyl (C=O) groups is 1. The highest BCUT2D eigenvalue weighted by Gasteiger charge is 2.46. The molecule has 23 heavy (non-hydrogen) atoms. The first-order valence-electron chi connectivity index (χ1n) is 8.02. The van der Waals surface area contributed by atoms with Gasteiger partial charge in [0.25, 0.3) is 0 Å². The molecule has 8 nitrogen and oxygen atoms in total. The summed E-state index contributed by atoms with van der Waals surface area (Å²) >= 11 is 0. The number of hydrogen-bond donors (Lipinski definition) is 0. The van der Waals surface area contributed by atoms with Gasteiger partial charge in [-0.25, -0.2) is 4.68 Å². The van der Waals surface area contributed by atoms with Crippen LogP contribution in [0.4, 0.5) is 0 Å². The summed E-state index contributed by atoms with van der Waals surface area (Å²) in [5, 5.41) is 17.7. The Labute approximate surface area is 133 Å². The molecular formula is C15H19N5O3. The van der Waals surface area contributed by atoms with E-state index in [1.807, 2.05) is 4.68 Å². The molecule has 122 valence electrons. The first-order valence-corrected chi connectivity index (χ1v) is 8.02. The smallest absolute Gasteiger partial charge is 0.243 e. The second-order valence-corrected chi connectivity index (χ2v) is 6.43. The Bertz CT molecular complexity index is 646. The fourth-order valence-corrected chi connectivity index (χ4v) is 3.76. The van der Waals surface area contributed by atoms with Crippen LogP contribution in [0.25, 0.3) is 0 Å². The van der Waals surface area contributed by atoms with Crippen molar-refractivity contribution in [3.05, 3.63) is 11.9 Å². The van der Waals surface area contributed by atoms with Gasteiger partial charge in [-0.15, -0.1) is 5.10 Å². The summed E-state index contributed by atoms with van der Waals surface area (Å²) < 4.78 is 13.1. The molecule has 3 aliphatic heterocycles. The summed E-state index contributed by atoms with van der Waals surface area (Å²) in [6, 6.07) is 2.24. The first kappa shape index (κ1) is 14.6. The summed E-state index contributed by atoms with van der Waals surface area (Å²) in [7, 11) is 0. The van der Waals surface area contributed by atoms with Crippen LogP contribution in [0.2, 0.25) is 0 Å². The molecule has 1 amide bonds. The zero-order chi connectivity index (χ0) is 15.9. The lowest BCUT2D eigenvalue weighted by molar-refractivity contribution is -0.149. The number of rotatable bonds is 1. The SMILES string of the molecule is N#CC1(C(=O)N2CC[C@@H]3OCc4cnnn4[C@H]3C2)CCOCC1. The van der Waals surface area contributed by atoms with Gasteiger partial charge in [-0.05, 0) is 19.3 Å². The Hall–Kier alpha value is -1.98. The standard InChI is InChI=1S/C15H19N5O3/c16-10-15(2-5-22-6-3-15)14(21)19-4-1-13-12(8-19)20-11(9-23-13)7-17-18-20/h7,12-13H,1-6,8-9H2/t12-,13-/m0/s1. The van der Waals surface area contributed by atoms with Gasteiger partial charge in [0.15, 0.2) is 0 Å². The monoisotopic (exact) mass is 317 g/mol. The number of aromatic nitrogens is 3. The maximum atomic E-state index is 13.0. The molecule has 0 radical (unpaired) electrons. The molecule has 8 heteroatoms. The molecular weight excluding hydrogens is 298 g/mol. The summed E-state index contributed by atoms with van der Waals surface area (Å²) in [5.74, 6) is -0.0750. The van der Waals surface area contributed by atoms with E-state index >= 15 is 0 Å². The maximum absolute atomic E-state index is 13.0. The van der Waals surface area contributed by atoms with Crippen LogP contribution in [-0.2, 0) is 20.9 Å². The Kier molecular flexibility index (Phi) is 3.54. The third kappa shape index (κ3) is 2.31. The normalized spacial score (nSPS) is 29.3. The molecule has 0 saturated carbocycles. The van der Waals surface area contributed by atoms with Crippen molar-refractivity contribution in [2.24, 2.45) is 5.41 Å². The van der Waals surface area contributed by atoms with E-state index in [0.717, 1.165) is 12.1 Å². The third-order valence-electron chi connectivity index (χ3n) is 5.19. The minimum atomic E-state index is -0.939. The van der Waals surface area contributed by atoms with Crippen molar-refractivity contribution >= 4 is 5.91 Å². The van der Waals surface area contributed by atoms with Crippen LogP contribution in [0, 0.1) is 16.7 Å². The molecule has 0 aromatic carbocycles. The van der Waals surface area contributed by atoms with Crippen LogP contribution >= 0.6 is 0 Å². The summed E-state index contributed by atoms with van der Waals surface area (Å²) in [6.45, 7) is 2.59. The van der Waals surface area contributed by atoms with Gasteiger partial charge in [-0.3, -0.25) is 4.79 Å². The summed E-state index contributed by atoms with van der Waals surface area (Å²) in [5.41, 5.74) is -0.00664. The lowest BCUT2D eigenvalue weighted by atomic mass is 9.79. The molecule has 2 atom stereocenters. The molecule has 0 bridgehead atoms. The minimum absolute atomic E-state index is 0.0190. The molecule has 0 N–H and O–H groups in total. The molecule has 1 aromatic rings. The Morgan fingerprint density at radius 1 is 1.43 bits per heavy atom. The van der Waals surface area contributed by atoms with Crippen molar-refractivity contribution in [3.8, 4) is 6.07 Å². The highest BCUT2D eigenvalue weighted by atomic mass is 16.5. The number of hydrogen-bond acceptors (Lipinski definition) is 6. The van der Waals surface area contributed by atoms with E-state index in [9.17, 15) is 10.1 Å². The molecule has 4 heterocycles. The van der Waals surface area contributed by atoms with Gasteiger partial charge in [0, 0.05) is 26.3 Å². The van der Waals surface area contributed by atoms with E-state index in [1.54, 1.807) is 11.1 Å². The van der Waals surface area contributed by atoms with E-state index in [0.29, 0.717) is 45.8 Å². The molecule has 0 aliphatic carbocycles. The maximum Gasteiger partial charge on any atom is 0.243 e. The summed E-state index contributed by atoms with van der Waals surface area (Å²) in [4.78, 5) is 14.8. The van der Waals surface area contributed by atoms with Crippen LogP contribution in [0.3, 0.4) is 0 Å². The van der Waals surface area contributed by atoms with Gasteiger partial charge >= 0.3 is 0 Å². The third-order valence-corrected chi connectivity index (χ3v) is 5.19. The molecule has 3 aliphatic rings. The lowest BCUT2D eigenvalue weighted by Crippen LogP contribution is -2.54. The average molecular weight is 317 g/mol. The van der Waals surface area contributed by atoms with Crippen molar-refractivity contribution in [2.45, 2.75) is 38.0 Å². The van der Waals surface area contributed by atoms with Gasteiger partial charge in [-0.2, -0.15) is 5.26 Å². The predicted molar refractivity (Wildman–Crippen MR) is 76.9 cm³/mol. The highest BCUT2D eigenvalue weighted by molar-refractivity contribution is 5.85. The van der Waals surface area contributed by atoms with E-state index < -0.39 is 5.41 Å². The van der Waals surface area contributed by atoms with Gasteiger partial charge < -0.3 is 14.4 Å². The quantitative estimate of drug-likeness (QED) is 0.738. The minimum Gasteiger partial charge on any atom is -0.381 e. The van der Waals surface area contributed by atoms with E-state index in [-0.39, 0.29) is 18.1 Å². The molecule has 2 saturated heterocycles. The number of piperidine rings is 1. The largest absolute Gasteiger partial charge is 0.381 e. The second kappa shape index (κ2) is 5.58. The van der Waals surface area contributed by atoms with Crippen LogP contribution in [0.15, 0.2) is 6.20 Å². The number of nitriles is 1. The average Bonchev–Trinajstić information content (AvgIpc) is 3.10. The molecule has 2 fully saturated rings. The Balaban J connectivity index is 1.55. The molecule has 4 rings (SSSR count). The fraction of sp³-hybridized carbons (Fsp3) is 0.733. The van der Waals surface area contributed by atoms with Gasteiger partial charge in [0.05, 0.1) is 36.7 Å². The van der Waals surface area contributed by atoms with Gasteiger partial charge in [-0.1, -0.05) is 5.21 Å². The molecule has 0 unspecified atom stereocenters. The number of ether oxygens (including phenoxy) is 2. The predicted octanol–water partition coefficient (Wildman–Crippen LogP) is 0.271. The topological polar surface area (TPSA) is 93.3 Å². The van der Waals surface area contributed by atoms with E-state index in [4.69, 9.17) is 9.47 Å². The van der Waals surface area contributed by atoms with Crippen molar-refractivity contribution in [1.82, 2.24) is 19.9 Å². The molecule has 1 aromatic heterocycles. The zero-order valence-corrected chi connectivity index (χ0v) is 12.8. The van der Waals surface area contributed by atoms with Crippen LogP contribution in [0.1, 0.15) is 31.0 Å². The summed E-state index contributed by atoms with van der Waals surface area (Å²) in [6.07, 6.45) is 3.46. The van der Waals surface area contributed by atoms with Crippen LogP contribution in [0.5, 0.6) is 0 Å². The second-order valence-electron chi connectivity index (χ2n) is 6.43. The van der Waals surface area contributed by atoms with Crippen molar-refractivity contribution < 1.29 is 14.3 Å². The van der Waals surface area contributed by atoms with Crippen molar-refractivity contribution in [3.63, 3.8) is 0 Å². The highest BCUT2D eigenvalue weighted by Crippen LogP contribution is 2.36. The van der Waals surface area contributed by atoms with E-state index in [1.165, 1.54) is 0 Å². The Morgan fingerprint density at radius 3 is 3.04 bits per heavy atom. The Morgan fingerprint density at radius 2 is 2.26 bits per heavy atom. The fourth-order valence-electron chi connectivity index (χ4n) is 3.76. The number of carbonyl (C=O) groups excluding carboxylic acids is 1. The number of nitrogens with zero attached hydrogens (tertiary/aromatic N) is 5. The van der Waals surface area contributed by atoms with Crippen molar-refractivity contribution in [2.75, 3.05) is 26.3 Å². The number of amides is 1. The van der Waals surface area contributed by atoms with Gasteiger partial charge in [0.2, 0.25) is 5.91 Å². The lowest BCUT2D eigenvalue weighted by Gasteiger charge is -2.43. The number of likely N-dealkylation sites (tertiary alicyclic amines) is 1. The van der Waals surface area contributed by atoms with Gasteiger partial charge in [0.1, 0.15) is 5.41 Å². The first-order chi connectivity index (χ1) is 11.2. The molecule has 0 spiro atoms. The van der Waals surface area contributed by atoms with E-state index in [2.05, 4.69) is 16.4 Å². The zero-order valence-electron chi connectivity index (χ0n) is 12.8. The van der Waals surface area contributed by atoms with Crippen LogP contribution in [-0.4, -0.2) is 58.2 Å².